The molecule has 2 aromatic rings. The van der Waals surface area contributed by atoms with Crippen LogP contribution in [0.25, 0.3) is 0 Å². The lowest BCUT2D eigenvalue weighted by atomic mass is 9.98. The van der Waals surface area contributed by atoms with Crippen molar-refractivity contribution in [2.75, 3.05) is 7.11 Å². The third kappa shape index (κ3) is 3.02. The molecule has 0 aliphatic carbocycles. The largest absolute Gasteiger partial charge is 0.489 e. The van der Waals surface area contributed by atoms with Crippen LogP contribution in [0.2, 0.25) is 5.15 Å². The normalized spacial score (nSPS) is 12.0. The molecule has 106 valence electrons. The lowest BCUT2D eigenvalue weighted by molar-refractivity contribution is 0.365. The second kappa shape index (κ2) is 6.57. The highest BCUT2D eigenvalue weighted by Crippen LogP contribution is 2.37. The van der Waals surface area contributed by atoms with Crippen molar-refractivity contribution in [3.63, 3.8) is 0 Å². The van der Waals surface area contributed by atoms with Crippen molar-refractivity contribution in [2.45, 2.75) is 26.2 Å². The molecule has 20 heavy (non-hydrogen) atoms. The standard InChI is InChI=1S/C15H17ClN2O2/c1-4-10(2)11-7-5-6-8-12(11)20-15-13(19-3)14(16)17-9-18-15/h5-10H,4H2,1-3H3. The van der Waals surface area contributed by atoms with Crippen LogP contribution in [0.3, 0.4) is 0 Å². The molecule has 0 aliphatic rings. The van der Waals surface area contributed by atoms with Crippen LogP contribution in [0.4, 0.5) is 0 Å². The Hall–Kier alpha value is -1.81. The summed E-state index contributed by atoms with van der Waals surface area (Å²) in [5.41, 5.74) is 1.13. The number of halogens is 1. The number of para-hydroxylation sites is 1. The average Bonchev–Trinajstić information content (AvgIpc) is 2.47. The highest BCUT2D eigenvalue weighted by molar-refractivity contribution is 6.31. The van der Waals surface area contributed by atoms with Crippen molar-refractivity contribution in [1.82, 2.24) is 9.97 Å². The first-order chi connectivity index (χ1) is 9.67. The molecule has 0 N–H and O–H groups in total. The summed E-state index contributed by atoms with van der Waals surface area (Å²) in [4.78, 5) is 7.96. The van der Waals surface area contributed by atoms with Gasteiger partial charge in [0.05, 0.1) is 7.11 Å². The number of rotatable bonds is 5. The number of hydrogen-bond acceptors (Lipinski definition) is 4. The number of benzene rings is 1. The molecule has 1 aromatic heterocycles. The zero-order chi connectivity index (χ0) is 14.5. The maximum absolute atomic E-state index is 5.97. The van der Waals surface area contributed by atoms with Crippen molar-refractivity contribution in [1.29, 1.82) is 0 Å². The van der Waals surface area contributed by atoms with Crippen LogP contribution in [0, 0.1) is 0 Å². The first-order valence-corrected chi connectivity index (χ1v) is 6.86. The monoisotopic (exact) mass is 292 g/mol. The topological polar surface area (TPSA) is 44.2 Å². The molecule has 0 saturated carbocycles. The molecular weight excluding hydrogens is 276 g/mol. The maximum atomic E-state index is 5.97. The molecule has 2 rings (SSSR count). The molecule has 1 heterocycles. The first-order valence-electron chi connectivity index (χ1n) is 6.48. The lowest BCUT2D eigenvalue weighted by Crippen LogP contribution is -1.99. The number of hydrogen-bond donors (Lipinski definition) is 0. The van der Waals surface area contributed by atoms with Crippen LogP contribution in [-0.4, -0.2) is 17.1 Å². The third-order valence-electron chi connectivity index (χ3n) is 3.20. The molecule has 0 spiro atoms. The van der Waals surface area contributed by atoms with Gasteiger partial charge in [-0.25, -0.2) is 4.98 Å². The Morgan fingerprint density at radius 1 is 1.25 bits per heavy atom. The van der Waals surface area contributed by atoms with E-state index in [1.54, 1.807) is 0 Å². The van der Waals surface area contributed by atoms with Gasteiger partial charge < -0.3 is 9.47 Å². The van der Waals surface area contributed by atoms with Gasteiger partial charge in [0.25, 0.3) is 5.88 Å². The van der Waals surface area contributed by atoms with Crippen LogP contribution in [-0.2, 0) is 0 Å². The predicted octanol–water partition coefficient (Wildman–Crippen LogP) is 4.44. The Kier molecular flexibility index (Phi) is 4.79. The van der Waals surface area contributed by atoms with Gasteiger partial charge in [0.15, 0.2) is 5.15 Å². The van der Waals surface area contributed by atoms with Crippen LogP contribution < -0.4 is 9.47 Å². The van der Waals surface area contributed by atoms with Crippen molar-refractivity contribution in [3.05, 3.63) is 41.3 Å². The molecular formula is C15H17ClN2O2. The molecule has 0 radical (unpaired) electrons. The summed E-state index contributed by atoms with van der Waals surface area (Å²) in [7, 11) is 1.51. The zero-order valence-electron chi connectivity index (χ0n) is 11.8. The summed E-state index contributed by atoms with van der Waals surface area (Å²) in [6.07, 6.45) is 2.38. The van der Waals surface area contributed by atoms with Gasteiger partial charge >= 0.3 is 0 Å². The summed E-state index contributed by atoms with van der Waals surface area (Å²) in [6, 6.07) is 7.89. The smallest absolute Gasteiger partial charge is 0.267 e. The Labute approximate surface area is 123 Å². The second-order valence-corrected chi connectivity index (χ2v) is 4.81. The Balaban J connectivity index is 2.38. The van der Waals surface area contributed by atoms with Gasteiger partial charge in [-0.3, -0.25) is 0 Å². The highest BCUT2D eigenvalue weighted by atomic mass is 35.5. The van der Waals surface area contributed by atoms with Gasteiger partial charge in [0, 0.05) is 0 Å². The van der Waals surface area contributed by atoms with Crippen LogP contribution >= 0.6 is 11.6 Å². The Bertz CT molecular complexity index is 590. The molecule has 1 atom stereocenters. The summed E-state index contributed by atoms with van der Waals surface area (Å²) in [5, 5.41) is 0.235. The fourth-order valence-electron chi connectivity index (χ4n) is 1.89. The summed E-state index contributed by atoms with van der Waals surface area (Å²) in [6.45, 7) is 4.30. The quantitative estimate of drug-likeness (QED) is 0.764. The average molecular weight is 293 g/mol. The van der Waals surface area contributed by atoms with E-state index in [4.69, 9.17) is 21.1 Å². The van der Waals surface area contributed by atoms with E-state index in [1.165, 1.54) is 13.4 Å². The fourth-order valence-corrected chi connectivity index (χ4v) is 2.09. The van der Waals surface area contributed by atoms with E-state index in [9.17, 15) is 0 Å². The Morgan fingerprint density at radius 2 is 2.00 bits per heavy atom. The minimum absolute atomic E-state index is 0.235. The minimum atomic E-state index is 0.235. The van der Waals surface area contributed by atoms with Crippen LogP contribution in [0.5, 0.6) is 17.4 Å². The van der Waals surface area contributed by atoms with Crippen molar-refractivity contribution in [3.8, 4) is 17.4 Å². The van der Waals surface area contributed by atoms with Gasteiger partial charge in [-0.1, -0.05) is 43.6 Å². The molecule has 5 heteroatoms. The summed E-state index contributed by atoms with van der Waals surface area (Å²) < 4.78 is 11.1. The molecule has 1 aromatic carbocycles. The van der Waals surface area contributed by atoms with Gasteiger partial charge in [0.2, 0.25) is 5.75 Å². The second-order valence-electron chi connectivity index (χ2n) is 4.45. The van der Waals surface area contributed by atoms with Crippen molar-refractivity contribution in [2.24, 2.45) is 0 Å². The van der Waals surface area contributed by atoms with E-state index in [-0.39, 0.29) is 5.15 Å². The number of nitrogens with zero attached hydrogens (tertiary/aromatic N) is 2. The fraction of sp³-hybridized carbons (Fsp3) is 0.333. The molecule has 0 bridgehead atoms. The third-order valence-corrected chi connectivity index (χ3v) is 3.47. The molecule has 1 unspecified atom stereocenters. The molecule has 4 nitrogen and oxygen atoms in total. The van der Waals surface area contributed by atoms with E-state index >= 15 is 0 Å². The van der Waals surface area contributed by atoms with Gasteiger partial charge in [-0.2, -0.15) is 4.98 Å². The molecule has 0 saturated heterocycles. The highest BCUT2D eigenvalue weighted by Gasteiger charge is 2.16. The van der Waals surface area contributed by atoms with E-state index in [2.05, 4.69) is 29.9 Å². The summed E-state index contributed by atoms with van der Waals surface area (Å²) >= 11 is 5.97. The predicted molar refractivity (Wildman–Crippen MR) is 78.8 cm³/mol. The minimum Gasteiger partial charge on any atom is -0.489 e. The van der Waals surface area contributed by atoms with Crippen LogP contribution in [0.1, 0.15) is 31.7 Å². The molecule has 0 fully saturated rings. The van der Waals surface area contributed by atoms with E-state index in [0.29, 0.717) is 17.5 Å². The lowest BCUT2D eigenvalue weighted by Gasteiger charge is -2.16. The van der Waals surface area contributed by atoms with Crippen LogP contribution in [0.15, 0.2) is 30.6 Å². The number of aromatic nitrogens is 2. The Morgan fingerprint density at radius 3 is 2.70 bits per heavy atom. The number of ether oxygens (including phenoxy) is 2. The van der Waals surface area contributed by atoms with Crippen molar-refractivity contribution < 1.29 is 9.47 Å². The van der Waals surface area contributed by atoms with E-state index in [1.807, 2.05) is 18.2 Å². The maximum Gasteiger partial charge on any atom is 0.267 e. The zero-order valence-corrected chi connectivity index (χ0v) is 12.5. The van der Waals surface area contributed by atoms with Crippen molar-refractivity contribution >= 4 is 11.6 Å². The van der Waals surface area contributed by atoms with E-state index < -0.39 is 0 Å². The number of methoxy groups -OCH3 is 1. The summed E-state index contributed by atoms with van der Waals surface area (Å²) in [5.74, 6) is 1.82. The molecule has 0 amide bonds. The van der Waals surface area contributed by atoms with E-state index in [0.717, 1.165) is 17.7 Å². The SMILES string of the molecule is CCC(C)c1ccccc1Oc1ncnc(Cl)c1OC. The first kappa shape index (κ1) is 14.6. The van der Waals surface area contributed by atoms with Gasteiger partial charge in [-0.15, -0.1) is 0 Å². The molecule has 0 aliphatic heterocycles. The van der Waals surface area contributed by atoms with Gasteiger partial charge in [0.1, 0.15) is 12.1 Å². The van der Waals surface area contributed by atoms with Gasteiger partial charge in [-0.05, 0) is 24.0 Å².